The van der Waals surface area contributed by atoms with Gasteiger partial charge in [0.1, 0.15) is 0 Å². The molecule has 3 aromatic rings. The highest BCUT2D eigenvalue weighted by Gasteiger charge is 2.14. The molecule has 1 aromatic carbocycles. The van der Waals surface area contributed by atoms with E-state index in [1.807, 2.05) is 38.1 Å². The summed E-state index contributed by atoms with van der Waals surface area (Å²) in [6.07, 6.45) is 0.494. The number of hydrogen-bond donors (Lipinski definition) is 2. The first-order valence-corrected chi connectivity index (χ1v) is 7.19. The smallest absolute Gasteiger partial charge is 0.272 e. The van der Waals surface area contributed by atoms with Gasteiger partial charge in [0.05, 0.1) is 5.52 Å². The Morgan fingerprint density at radius 1 is 1.36 bits per heavy atom. The number of fused-ring (bicyclic) bond motifs is 1. The third kappa shape index (κ3) is 2.83. The van der Waals surface area contributed by atoms with Crippen molar-refractivity contribution in [2.24, 2.45) is 0 Å². The van der Waals surface area contributed by atoms with E-state index in [1.54, 1.807) is 0 Å². The highest BCUT2D eigenvalue weighted by Crippen LogP contribution is 2.14. The molecule has 7 nitrogen and oxygen atoms in total. The molecule has 7 heteroatoms. The van der Waals surface area contributed by atoms with Gasteiger partial charge in [0, 0.05) is 24.3 Å². The predicted octanol–water partition coefficient (Wildman–Crippen LogP) is 2.04. The van der Waals surface area contributed by atoms with Crippen molar-refractivity contribution in [3.05, 3.63) is 41.7 Å². The summed E-state index contributed by atoms with van der Waals surface area (Å²) in [6.45, 7) is 4.41. The molecule has 114 valence electrons. The van der Waals surface area contributed by atoms with Crippen LogP contribution in [-0.4, -0.2) is 32.8 Å². The maximum Gasteiger partial charge on any atom is 0.272 e. The number of hydrogen-bond acceptors (Lipinski definition) is 5. The zero-order valence-corrected chi connectivity index (χ0v) is 12.5. The highest BCUT2D eigenvalue weighted by atomic mass is 16.5. The average Bonchev–Trinajstić information content (AvgIpc) is 3.13. The summed E-state index contributed by atoms with van der Waals surface area (Å²) in [5.41, 5.74) is 1.23. The summed E-state index contributed by atoms with van der Waals surface area (Å²) in [5, 5.41) is 14.4. The van der Waals surface area contributed by atoms with Crippen molar-refractivity contribution in [1.29, 1.82) is 0 Å². The second-order valence-electron chi connectivity index (χ2n) is 5.32. The minimum Gasteiger partial charge on any atom is -0.350 e. The molecule has 0 atom stereocenters. The van der Waals surface area contributed by atoms with Crippen LogP contribution in [0, 0.1) is 0 Å². The van der Waals surface area contributed by atoms with Gasteiger partial charge in [-0.05, 0) is 6.07 Å². The Bertz CT molecular complexity index is 790. The lowest BCUT2D eigenvalue weighted by Crippen LogP contribution is -2.26. The van der Waals surface area contributed by atoms with Crippen LogP contribution in [0.25, 0.3) is 10.9 Å². The van der Waals surface area contributed by atoms with E-state index < -0.39 is 0 Å². The molecule has 22 heavy (non-hydrogen) atoms. The van der Waals surface area contributed by atoms with E-state index in [4.69, 9.17) is 4.52 Å². The van der Waals surface area contributed by atoms with Crippen LogP contribution in [0.15, 0.2) is 28.8 Å². The zero-order valence-electron chi connectivity index (χ0n) is 12.5. The molecular weight excluding hydrogens is 282 g/mol. The molecule has 2 aromatic heterocycles. The summed E-state index contributed by atoms with van der Waals surface area (Å²) < 4.78 is 5.13. The Labute approximate surface area is 127 Å². The van der Waals surface area contributed by atoms with Crippen LogP contribution >= 0.6 is 0 Å². The van der Waals surface area contributed by atoms with Crippen LogP contribution in [0.5, 0.6) is 0 Å². The number of nitrogens with zero attached hydrogens (tertiary/aromatic N) is 3. The Morgan fingerprint density at radius 3 is 2.95 bits per heavy atom. The normalized spacial score (nSPS) is 11.2. The monoisotopic (exact) mass is 299 g/mol. The third-order valence-corrected chi connectivity index (χ3v) is 3.31. The third-order valence-electron chi connectivity index (χ3n) is 3.31. The van der Waals surface area contributed by atoms with Gasteiger partial charge in [0.15, 0.2) is 11.5 Å². The number of H-pyrrole nitrogens is 1. The van der Waals surface area contributed by atoms with E-state index in [2.05, 4.69) is 25.7 Å². The van der Waals surface area contributed by atoms with E-state index in [0.717, 1.165) is 10.9 Å². The molecule has 0 aliphatic heterocycles. The van der Waals surface area contributed by atoms with Gasteiger partial charge in [-0.1, -0.05) is 37.2 Å². The number of benzene rings is 1. The Hall–Kier alpha value is -2.70. The lowest BCUT2D eigenvalue weighted by atomic mass is 10.2. The van der Waals surface area contributed by atoms with Crippen molar-refractivity contribution in [1.82, 2.24) is 25.7 Å². The van der Waals surface area contributed by atoms with E-state index in [-0.39, 0.29) is 11.8 Å². The SMILES string of the molecule is CC(C)c1noc(CCNC(=O)c2n[nH]c3ccccc23)n1. The topological polar surface area (TPSA) is 96.7 Å². The fourth-order valence-electron chi connectivity index (χ4n) is 2.11. The molecule has 2 N–H and O–H groups in total. The Balaban J connectivity index is 1.60. The van der Waals surface area contributed by atoms with Crippen molar-refractivity contribution in [2.75, 3.05) is 6.54 Å². The number of nitrogens with one attached hydrogen (secondary N) is 2. The van der Waals surface area contributed by atoms with Gasteiger partial charge in [-0.25, -0.2) is 0 Å². The molecule has 0 bridgehead atoms. The fraction of sp³-hybridized carbons (Fsp3) is 0.333. The number of amides is 1. The number of carbonyl (C=O) groups excluding carboxylic acids is 1. The minimum absolute atomic E-state index is 0.221. The molecule has 1 amide bonds. The maximum absolute atomic E-state index is 12.2. The average molecular weight is 299 g/mol. The van der Waals surface area contributed by atoms with Crippen LogP contribution < -0.4 is 5.32 Å². The molecule has 0 saturated heterocycles. The van der Waals surface area contributed by atoms with Crippen LogP contribution in [-0.2, 0) is 6.42 Å². The molecule has 2 heterocycles. The van der Waals surface area contributed by atoms with Crippen molar-refractivity contribution >= 4 is 16.8 Å². The largest absolute Gasteiger partial charge is 0.350 e. The molecule has 0 spiro atoms. The highest BCUT2D eigenvalue weighted by molar-refractivity contribution is 6.04. The number of carbonyl (C=O) groups is 1. The fourth-order valence-corrected chi connectivity index (χ4v) is 2.11. The maximum atomic E-state index is 12.2. The van der Waals surface area contributed by atoms with Crippen molar-refractivity contribution in [2.45, 2.75) is 26.2 Å². The number of rotatable bonds is 5. The number of para-hydroxylation sites is 1. The standard InChI is InChI=1S/C15H17N5O2/c1-9(2)14-17-12(22-20-14)7-8-16-15(21)13-10-5-3-4-6-11(10)18-19-13/h3-6,9H,7-8H2,1-2H3,(H,16,21)(H,18,19). The van der Waals surface area contributed by atoms with E-state index in [9.17, 15) is 4.79 Å². The molecule has 0 aliphatic rings. The van der Waals surface area contributed by atoms with Crippen molar-refractivity contribution in [3.8, 4) is 0 Å². The van der Waals surface area contributed by atoms with Crippen LogP contribution in [0.3, 0.4) is 0 Å². The summed E-state index contributed by atoms with van der Waals surface area (Å²) in [6, 6.07) is 7.51. The van der Waals surface area contributed by atoms with Gasteiger partial charge in [-0.3, -0.25) is 9.89 Å². The van der Waals surface area contributed by atoms with Gasteiger partial charge in [-0.2, -0.15) is 10.1 Å². The zero-order chi connectivity index (χ0) is 15.5. The summed E-state index contributed by atoms with van der Waals surface area (Å²) >= 11 is 0. The van der Waals surface area contributed by atoms with Crippen LogP contribution in [0.1, 0.15) is 42.0 Å². The second-order valence-corrected chi connectivity index (χ2v) is 5.32. The van der Waals surface area contributed by atoms with Gasteiger partial charge in [0.2, 0.25) is 5.89 Å². The Morgan fingerprint density at radius 2 is 2.18 bits per heavy atom. The van der Waals surface area contributed by atoms with Crippen LogP contribution in [0.4, 0.5) is 0 Å². The molecule has 0 radical (unpaired) electrons. The molecule has 3 rings (SSSR count). The van der Waals surface area contributed by atoms with Gasteiger partial charge in [0.25, 0.3) is 5.91 Å². The molecule has 0 aliphatic carbocycles. The number of aromatic nitrogens is 4. The quantitative estimate of drug-likeness (QED) is 0.751. The molecule has 0 unspecified atom stereocenters. The molecule has 0 saturated carbocycles. The predicted molar refractivity (Wildman–Crippen MR) is 80.5 cm³/mol. The summed E-state index contributed by atoms with van der Waals surface area (Å²) in [5.74, 6) is 1.21. The minimum atomic E-state index is -0.221. The first kappa shape index (κ1) is 14.2. The van der Waals surface area contributed by atoms with E-state index in [0.29, 0.717) is 30.4 Å². The first-order valence-electron chi connectivity index (χ1n) is 7.19. The van der Waals surface area contributed by atoms with Gasteiger partial charge >= 0.3 is 0 Å². The lowest BCUT2D eigenvalue weighted by Gasteiger charge is -2.01. The second kappa shape index (κ2) is 5.97. The molecule has 0 fully saturated rings. The van der Waals surface area contributed by atoms with Gasteiger partial charge in [-0.15, -0.1) is 0 Å². The van der Waals surface area contributed by atoms with Gasteiger partial charge < -0.3 is 9.84 Å². The van der Waals surface area contributed by atoms with Crippen molar-refractivity contribution < 1.29 is 9.32 Å². The Kier molecular flexibility index (Phi) is 3.86. The molecular formula is C15H17N5O2. The van der Waals surface area contributed by atoms with Crippen LogP contribution in [0.2, 0.25) is 0 Å². The van der Waals surface area contributed by atoms with E-state index in [1.165, 1.54) is 0 Å². The lowest BCUT2D eigenvalue weighted by molar-refractivity contribution is 0.0950. The summed E-state index contributed by atoms with van der Waals surface area (Å²) in [7, 11) is 0. The van der Waals surface area contributed by atoms with Crippen molar-refractivity contribution in [3.63, 3.8) is 0 Å². The van der Waals surface area contributed by atoms with E-state index >= 15 is 0 Å². The first-order chi connectivity index (χ1) is 10.6. The number of aromatic amines is 1. The summed E-state index contributed by atoms with van der Waals surface area (Å²) in [4.78, 5) is 16.4.